The zero-order valence-corrected chi connectivity index (χ0v) is 16.3. The Morgan fingerprint density at radius 2 is 2.00 bits per heavy atom. The third-order valence-electron chi connectivity index (χ3n) is 4.32. The number of anilines is 1. The van der Waals surface area contributed by atoms with E-state index in [0.717, 1.165) is 36.3 Å². The van der Waals surface area contributed by atoms with Crippen LogP contribution in [-0.2, 0) is 4.74 Å². The molecule has 1 unspecified atom stereocenters. The van der Waals surface area contributed by atoms with Crippen LogP contribution in [0.3, 0.4) is 0 Å². The molecular weight excluding hydrogens is 365 g/mol. The van der Waals surface area contributed by atoms with Crippen LogP contribution in [0, 0.1) is 5.82 Å². The van der Waals surface area contributed by atoms with Crippen LogP contribution in [0.1, 0.15) is 43.2 Å². The Hall–Kier alpha value is -2.09. The molecule has 4 rings (SSSR count). The van der Waals surface area contributed by atoms with E-state index in [1.807, 2.05) is 19.9 Å². The highest BCUT2D eigenvalue weighted by atomic mass is 32.1. The molecule has 1 fully saturated rings. The third kappa shape index (κ3) is 4.61. The van der Waals surface area contributed by atoms with Crippen molar-refractivity contribution in [1.82, 2.24) is 9.97 Å². The Morgan fingerprint density at radius 3 is 2.74 bits per heavy atom. The van der Waals surface area contributed by atoms with Crippen molar-refractivity contribution in [1.29, 1.82) is 0 Å². The first-order valence-corrected chi connectivity index (χ1v) is 10.1. The molecule has 2 N–H and O–H groups in total. The van der Waals surface area contributed by atoms with Crippen molar-refractivity contribution >= 4 is 27.5 Å². The lowest BCUT2D eigenvalue weighted by molar-refractivity contribution is 0.0903. The Balaban J connectivity index is 0.00000102. The van der Waals surface area contributed by atoms with Crippen LogP contribution in [0.2, 0.25) is 0 Å². The second kappa shape index (κ2) is 9.21. The van der Waals surface area contributed by atoms with Gasteiger partial charge in [-0.05, 0) is 25.0 Å². The zero-order valence-electron chi connectivity index (χ0n) is 15.5. The van der Waals surface area contributed by atoms with E-state index in [-0.39, 0.29) is 5.56 Å². The maximum atomic E-state index is 13.9. The molecule has 0 amide bonds. The number of ether oxygens (including phenoxy) is 1. The first kappa shape index (κ1) is 19.7. The van der Waals surface area contributed by atoms with Crippen LogP contribution in [0.4, 0.5) is 10.3 Å². The zero-order chi connectivity index (χ0) is 19.2. The summed E-state index contributed by atoms with van der Waals surface area (Å²) in [6.07, 6.45) is 2.59. The average molecular weight is 389 g/mol. The Morgan fingerprint density at radius 1 is 1.26 bits per heavy atom. The molecule has 0 spiro atoms. The van der Waals surface area contributed by atoms with Crippen molar-refractivity contribution in [2.24, 2.45) is 0 Å². The third-order valence-corrected chi connectivity index (χ3v) is 5.41. The fourth-order valence-corrected chi connectivity index (χ4v) is 3.94. The summed E-state index contributed by atoms with van der Waals surface area (Å²) < 4.78 is 19.3. The van der Waals surface area contributed by atoms with Gasteiger partial charge in [-0.3, -0.25) is 0 Å². The van der Waals surface area contributed by atoms with Crippen molar-refractivity contribution < 1.29 is 14.2 Å². The van der Waals surface area contributed by atoms with E-state index in [4.69, 9.17) is 4.74 Å². The minimum atomic E-state index is -1.01. The summed E-state index contributed by atoms with van der Waals surface area (Å²) in [6.45, 7) is 5.50. The molecule has 1 saturated heterocycles. The van der Waals surface area contributed by atoms with Gasteiger partial charge in [-0.1, -0.05) is 32.0 Å². The van der Waals surface area contributed by atoms with Gasteiger partial charge in [-0.25, -0.2) is 14.4 Å². The maximum Gasteiger partial charge on any atom is 0.224 e. The predicted molar refractivity (Wildman–Crippen MR) is 107 cm³/mol. The molecular formula is C20H24FN3O2S. The Bertz CT molecular complexity index is 881. The fraction of sp³-hybridized carbons (Fsp3) is 0.400. The summed E-state index contributed by atoms with van der Waals surface area (Å²) in [6, 6.07) is 8.39. The van der Waals surface area contributed by atoms with E-state index in [1.165, 1.54) is 17.4 Å². The molecule has 1 aliphatic heterocycles. The van der Waals surface area contributed by atoms with Crippen LogP contribution in [-0.4, -0.2) is 34.3 Å². The molecule has 5 nitrogen and oxygen atoms in total. The highest BCUT2D eigenvalue weighted by Crippen LogP contribution is 2.33. The lowest BCUT2D eigenvalue weighted by atomic mass is 10.1. The molecule has 0 saturated carbocycles. The van der Waals surface area contributed by atoms with E-state index >= 15 is 0 Å². The number of benzene rings is 1. The van der Waals surface area contributed by atoms with Gasteiger partial charge in [-0.2, -0.15) is 0 Å². The number of halogens is 1. The van der Waals surface area contributed by atoms with Crippen LogP contribution in [0.25, 0.3) is 10.2 Å². The van der Waals surface area contributed by atoms with E-state index in [2.05, 4.69) is 15.3 Å². The lowest BCUT2D eigenvalue weighted by Crippen LogP contribution is -2.28. The van der Waals surface area contributed by atoms with Gasteiger partial charge in [0.2, 0.25) is 5.95 Å². The summed E-state index contributed by atoms with van der Waals surface area (Å²) >= 11 is 1.35. The first-order valence-electron chi connectivity index (χ1n) is 9.24. The van der Waals surface area contributed by atoms with Gasteiger partial charge in [0.1, 0.15) is 16.8 Å². The molecule has 1 aromatic carbocycles. The Kier molecular flexibility index (Phi) is 6.71. The van der Waals surface area contributed by atoms with Gasteiger partial charge < -0.3 is 15.2 Å². The molecule has 3 aromatic rings. The van der Waals surface area contributed by atoms with Crippen LogP contribution in [0.5, 0.6) is 0 Å². The molecule has 3 heterocycles. The first-order chi connectivity index (χ1) is 13.2. The number of nitrogens with one attached hydrogen (secondary N) is 1. The minimum Gasteiger partial charge on any atom is -0.383 e. The molecule has 1 atom stereocenters. The molecule has 0 aliphatic carbocycles. The summed E-state index contributed by atoms with van der Waals surface area (Å²) in [5, 5.41) is 14.7. The van der Waals surface area contributed by atoms with E-state index in [9.17, 15) is 9.50 Å². The van der Waals surface area contributed by atoms with E-state index in [1.54, 1.807) is 24.4 Å². The molecule has 7 heteroatoms. The number of hydrogen-bond acceptors (Lipinski definition) is 6. The van der Waals surface area contributed by atoms with Crippen molar-refractivity contribution in [3.05, 3.63) is 52.8 Å². The number of rotatable bonds is 4. The lowest BCUT2D eigenvalue weighted by Gasteiger charge is -2.22. The normalized spacial score (nSPS) is 15.9. The number of aliphatic hydroxyl groups excluding tert-OH is 1. The molecule has 27 heavy (non-hydrogen) atoms. The molecule has 1 aliphatic rings. The SMILES string of the molecule is CC.OC(c1cc2cnc(NC3CCOCC3)nc2s1)c1ccccc1F. The number of fused-ring (bicyclic) bond motifs is 1. The maximum absolute atomic E-state index is 13.9. The van der Waals surface area contributed by atoms with Gasteiger partial charge in [0, 0.05) is 41.3 Å². The molecule has 2 aromatic heterocycles. The second-order valence-corrected chi connectivity index (χ2v) is 7.12. The smallest absolute Gasteiger partial charge is 0.224 e. The Labute approximate surface area is 162 Å². The molecule has 144 valence electrons. The number of hydrogen-bond donors (Lipinski definition) is 2. The monoisotopic (exact) mass is 389 g/mol. The van der Waals surface area contributed by atoms with Gasteiger partial charge in [0.25, 0.3) is 0 Å². The van der Waals surface area contributed by atoms with E-state index < -0.39 is 11.9 Å². The van der Waals surface area contributed by atoms with Gasteiger partial charge in [-0.15, -0.1) is 11.3 Å². The van der Waals surface area contributed by atoms with Crippen LogP contribution < -0.4 is 5.32 Å². The van der Waals surface area contributed by atoms with E-state index in [0.29, 0.717) is 16.9 Å². The largest absolute Gasteiger partial charge is 0.383 e. The predicted octanol–water partition coefficient (Wildman–Crippen LogP) is 4.53. The van der Waals surface area contributed by atoms with Crippen LogP contribution in [0.15, 0.2) is 36.5 Å². The van der Waals surface area contributed by atoms with Crippen molar-refractivity contribution in [3.8, 4) is 0 Å². The number of thiophene rings is 1. The standard InChI is InChI=1S/C18H18FN3O2S.C2H6/c19-14-4-2-1-3-13(14)16(23)15-9-11-10-20-18(22-17(11)25-15)21-12-5-7-24-8-6-12;1-2/h1-4,9-10,12,16,23H,5-8H2,(H,20,21,22);1-2H3. The topological polar surface area (TPSA) is 67.3 Å². The summed E-state index contributed by atoms with van der Waals surface area (Å²) in [4.78, 5) is 10.3. The summed E-state index contributed by atoms with van der Waals surface area (Å²) in [7, 11) is 0. The molecule has 0 bridgehead atoms. The number of nitrogens with zero attached hydrogens (tertiary/aromatic N) is 2. The summed E-state index contributed by atoms with van der Waals surface area (Å²) in [5.41, 5.74) is 0.266. The quantitative estimate of drug-likeness (QED) is 0.686. The summed E-state index contributed by atoms with van der Waals surface area (Å²) in [5.74, 6) is 0.161. The fourth-order valence-electron chi connectivity index (χ4n) is 2.93. The van der Waals surface area contributed by atoms with Crippen molar-refractivity contribution in [2.45, 2.75) is 38.8 Å². The van der Waals surface area contributed by atoms with Crippen LogP contribution >= 0.6 is 11.3 Å². The second-order valence-electron chi connectivity index (χ2n) is 6.06. The minimum absolute atomic E-state index is 0.266. The van der Waals surface area contributed by atoms with Gasteiger partial charge >= 0.3 is 0 Å². The number of aliphatic hydroxyl groups is 1. The number of aromatic nitrogens is 2. The highest BCUT2D eigenvalue weighted by Gasteiger charge is 2.19. The average Bonchev–Trinajstić information content (AvgIpc) is 3.14. The van der Waals surface area contributed by atoms with Crippen molar-refractivity contribution in [2.75, 3.05) is 18.5 Å². The van der Waals surface area contributed by atoms with Gasteiger partial charge in [0.15, 0.2) is 0 Å². The van der Waals surface area contributed by atoms with Crippen molar-refractivity contribution in [3.63, 3.8) is 0 Å². The highest BCUT2D eigenvalue weighted by molar-refractivity contribution is 7.18. The molecule has 0 radical (unpaired) electrons. The van der Waals surface area contributed by atoms with Gasteiger partial charge in [0.05, 0.1) is 0 Å².